The number of benzene rings is 1. The lowest BCUT2D eigenvalue weighted by Gasteiger charge is -2.40. The molecule has 1 aromatic carbocycles. The number of hydrogen-bond acceptors (Lipinski definition) is 9. The predicted octanol–water partition coefficient (Wildman–Crippen LogP) is 2.24. The molecule has 3 heterocycles. The van der Waals surface area contributed by atoms with Gasteiger partial charge < -0.3 is 35.4 Å². The van der Waals surface area contributed by atoms with Gasteiger partial charge in [0, 0.05) is 37.5 Å². The Morgan fingerprint density at radius 3 is 2.31 bits per heavy atom. The lowest BCUT2D eigenvalue weighted by atomic mass is 9.83. The lowest BCUT2D eigenvalue weighted by molar-refractivity contribution is -0.170. The van der Waals surface area contributed by atoms with Crippen LogP contribution in [0.15, 0.2) is 29.1 Å². The van der Waals surface area contributed by atoms with Crippen LogP contribution < -0.4 is 5.32 Å². The molecule has 1 amide bonds. The molecule has 230 valence electrons. The van der Waals surface area contributed by atoms with Gasteiger partial charge >= 0.3 is 17.9 Å². The summed E-state index contributed by atoms with van der Waals surface area (Å²) in [5, 5.41) is 38.9. The third kappa shape index (κ3) is 8.77. The van der Waals surface area contributed by atoms with Crippen LogP contribution >= 0.6 is 11.3 Å². The molecule has 2 aliphatic heterocycles. The van der Waals surface area contributed by atoms with Gasteiger partial charge in [-0.3, -0.25) is 14.4 Å². The van der Waals surface area contributed by atoms with E-state index in [-0.39, 0.29) is 29.3 Å². The van der Waals surface area contributed by atoms with Crippen LogP contribution in [0, 0.1) is 11.7 Å². The molecule has 0 aliphatic carbocycles. The highest BCUT2D eigenvalue weighted by Crippen LogP contribution is 2.44. The van der Waals surface area contributed by atoms with Gasteiger partial charge in [0.05, 0.1) is 42.2 Å². The molecule has 2 aromatic rings. The number of piperidine rings is 1. The van der Waals surface area contributed by atoms with E-state index in [4.69, 9.17) is 25.2 Å². The van der Waals surface area contributed by atoms with Gasteiger partial charge in [0.25, 0.3) is 0 Å². The molecule has 1 atom stereocenters. The number of ether oxygens (including phenoxy) is 1. The number of rotatable bonds is 11. The van der Waals surface area contributed by atoms with Crippen LogP contribution in [0.4, 0.5) is 4.39 Å². The van der Waals surface area contributed by atoms with Crippen LogP contribution in [0.1, 0.15) is 56.4 Å². The maximum Gasteiger partial charge on any atom is 0.336 e. The van der Waals surface area contributed by atoms with Gasteiger partial charge in [-0.2, -0.15) is 0 Å². The number of amides is 1. The molecule has 1 fully saturated rings. The van der Waals surface area contributed by atoms with Crippen molar-refractivity contribution in [2.45, 2.75) is 69.8 Å². The minimum atomic E-state index is -2.74. The summed E-state index contributed by atoms with van der Waals surface area (Å²) in [6.45, 7) is 6.88. The molecule has 1 unspecified atom stereocenters. The van der Waals surface area contributed by atoms with Crippen molar-refractivity contribution < 1.29 is 48.7 Å². The van der Waals surface area contributed by atoms with E-state index in [1.807, 2.05) is 30.8 Å². The average Bonchev–Trinajstić information content (AvgIpc) is 3.52. The van der Waals surface area contributed by atoms with Crippen LogP contribution in [0.25, 0.3) is 0 Å². The number of aromatic nitrogens is 1. The quantitative estimate of drug-likeness (QED) is 0.251. The highest BCUT2D eigenvalue weighted by atomic mass is 32.1. The summed E-state index contributed by atoms with van der Waals surface area (Å²) in [6, 6.07) is 5.10. The molecular formula is C28H36FN3O9S. The fourth-order valence-electron chi connectivity index (χ4n) is 5.16. The minimum Gasteiger partial charge on any atom is -0.481 e. The van der Waals surface area contributed by atoms with Crippen molar-refractivity contribution in [3.63, 3.8) is 0 Å². The maximum absolute atomic E-state index is 13.8. The molecule has 12 nitrogen and oxygen atoms in total. The number of fused-ring (bicyclic) bond motifs is 2. The number of nitrogens with zero attached hydrogens (tertiary/aromatic N) is 2. The molecule has 1 saturated heterocycles. The first-order valence-corrected chi connectivity index (χ1v) is 14.4. The number of carbonyl (C=O) groups excluding carboxylic acids is 1. The van der Waals surface area contributed by atoms with Crippen molar-refractivity contribution in [2.24, 2.45) is 5.92 Å². The second-order valence-corrected chi connectivity index (χ2v) is 11.6. The van der Waals surface area contributed by atoms with Gasteiger partial charge in [-0.25, -0.2) is 14.2 Å². The topological polar surface area (TPSA) is 187 Å². The number of halogens is 1. The third-order valence-electron chi connectivity index (χ3n) is 7.24. The van der Waals surface area contributed by atoms with Crippen molar-refractivity contribution >= 4 is 35.2 Å². The summed E-state index contributed by atoms with van der Waals surface area (Å²) in [4.78, 5) is 50.0. The number of carboxylic acid groups (broad SMARTS) is 3. The van der Waals surface area contributed by atoms with E-state index >= 15 is 0 Å². The number of carboxylic acids is 3. The van der Waals surface area contributed by atoms with Crippen LogP contribution in [-0.2, 0) is 42.5 Å². The fraction of sp³-hybridized carbons (Fsp3) is 0.536. The number of likely N-dealkylation sites (tertiary alicyclic amines) is 1. The first-order valence-electron chi connectivity index (χ1n) is 13.4. The van der Waals surface area contributed by atoms with E-state index in [0.717, 1.165) is 42.8 Å². The van der Waals surface area contributed by atoms with Gasteiger partial charge in [0.1, 0.15) is 5.82 Å². The molecule has 4 rings (SSSR count). The van der Waals surface area contributed by atoms with Crippen molar-refractivity contribution in [3.05, 3.63) is 51.7 Å². The Labute approximate surface area is 246 Å². The van der Waals surface area contributed by atoms with Crippen LogP contribution in [0.3, 0.4) is 0 Å². The zero-order valence-electron chi connectivity index (χ0n) is 23.4. The molecule has 0 bridgehead atoms. The molecule has 0 radical (unpaired) electrons. The Bertz CT molecular complexity index is 1250. The number of carbonyl (C=O) groups is 4. The van der Waals surface area contributed by atoms with E-state index in [1.165, 1.54) is 6.07 Å². The molecule has 1 aromatic heterocycles. The second kappa shape index (κ2) is 14.1. The zero-order chi connectivity index (χ0) is 31.1. The standard InChI is InChI=1S/C22H28FN3O2S.C6H8O7/c1-15(2)25-21(27)17(9-19-13-29-14-24-19)11-26-7-5-22(6-8-26)20-10-18(23)4-3-16(20)12-28-22;7-3(8)1-6(13,5(11)12)2-4(9)10/h3-4,10,13-15,17H,5-9,11-12H2,1-2H3,(H,25,27);13H,1-2H2,(H,7,8)(H,9,10)(H,11,12). The molecular weight excluding hydrogens is 573 g/mol. The Hall–Kier alpha value is -3.46. The smallest absolute Gasteiger partial charge is 0.336 e. The fourth-order valence-corrected chi connectivity index (χ4v) is 5.73. The van der Waals surface area contributed by atoms with Crippen LogP contribution in [0.2, 0.25) is 0 Å². The zero-order valence-corrected chi connectivity index (χ0v) is 24.2. The summed E-state index contributed by atoms with van der Waals surface area (Å²) in [7, 11) is 0. The van der Waals surface area contributed by atoms with Crippen LogP contribution in [-0.4, -0.2) is 85.4 Å². The van der Waals surface area contributed by atoms with E-state index in [2.05, 4.69) is 15.2 Å². The monoisotopic (exact) mass is 609 g/mol. The van der Waals surface area contributed by atoms with Crippen molar-refractivity contribution in [1.82, 2.24) is 15.2 Å². The van der Waals surface area contributed by atoms with Crippen molar-refractivity contribution in [1.29, 1.82) is 0 Å². The third-order valence-corrected chi connectivity index (χ3v) is 7.87. The molecule has 5 N–H and O–H groups in total. The lowest BCUT2D eigenvalue weighted by Crippen LogP contribution is -2.47. The molecule has 2 aliphatic rings. The van der Waals surface area contributed by atoms with Gasteiger partial charge in [-0.15, -0.1) is 11.3 Å². The van der Waals surface area contributed by atoms with E-state index in [9.17, 15) is 23.6 Å². The number of aliphatic carboxylic acids is 3. The van der Waals surface area contributed by atoms with Crippen molar-refractivity contribution in [2.75, 3.05) is 19.6 Å². The molecule has 42 heavy (non-hydrogen) atoms. The second-order valence-electron chi connectivity index (χ2n) is 10.9. The Morgan fingerprint density at radius 1 is 1.14 bits per heavy atom. The number of aliphatic hydroxyl groups is 1. The van der Waals surface area contributed by atoms with Gasteiger partial charge in [-0.05, 0) is 49.9 Å². The SMILES string of the molecule is CC(C)NC(=O)C(Cc1cscn1)CN1CCC2(CC1)OCc1ccc(F)cc12.O=C(O)CC(O)(CC(=O)O)C(=O)O. The van der Waals surface area contributed by atoms with E-state index in [0.29, 0.717) is 19.6 Å². The minimum absolute atomic E-state index is 0.0813. The van der Waals surface area contributed by atoms with E-state index < -0.39 is 36.4 Å². The summed E-state index contributed by atoms with van der Waals surface area (Å²) < 4.78 is 20.0. The maximum atomic E-state index is 13.8. The van der Waals surface area contributed by atoms with Crippen molar-refractivity contribution in [3.8, 4) is 0 Å². The molecule has 0 saturated carbocycles. The van der Waals surface area contributed by atoms with E-state index in [1.54, 1.807) is 17.4 Å². The van der Waals surface area contributed by atoms with Gasteiger partial charge in [0.15, 0.2) is 5.60 Å². The summed E-state index contributed by atoms with van der Waals surface area (Å²) in [6.07, 6.45) is -0.00510. The largest absolute Gasteiger partial charge is 0.481 e. The Balaban J connectivity index is 0.000000316. The highest BCUT2D eigenvalue weighted by Gasteiger charge is 2.43. The molecule has 1 spiro atoms. The Morgan fingerprint density at radius 2 is 1.79 bits per heavy atom. The summed E-state index contributed by atoms with van der Waals surface area (Å²) in [5.41, 5.74) is 1.77. The average molecular weight is 610 g/mol. The van der Waals surface area contributed by atoms with Gasteiger partial charge in [0.2, 0.25) is 5.91 Å². The number of hydrogen-bond donors (Lipinski definition) is 5. The highest BCUT2D eigenvalue weighted by molar-refractivity contribution is 7.07. The normalized spacial score (nSPS) is 16.8. The summed E-state index contributed by atoms with van der Waals surface area (Å²) in [5.74, 6) is -5.28. The van der Waals surface area contributed by atoms with Crippen LogP contribution in [0.5, 0.6) is 0 Å². The number of thiazole rings is 1. The summed E-state index contributed by atoms with van der Waals surface area (Å²) >= 11 is 1.56. The number of nitrogens with one attached hydrogen (secondary N) is 1. The predicted molar refractivity (Wildman–Crippen MR) is 148 cm³/mol. The van der Waals surface area contributed by atoms with Gasteiger partial charge in [-0.1, -0.05) is 6.07 Å². The first kappa shape index (κ1) is 33.0. The first-order chi connectivity index (χ1) is 19.7. The Kier molecular flexibility index (Phi) is 11.1. The molecule has 14 heteroatoms.